The average Bonchev–Trinajstić information content (AvgIpc) is 2.75. The number of halogens is 1. The zero-order chi connectivity index (χ0) is 21.7. The summed E-state index contributed by atoms with van der Waals surface area (Å²) >= 11 is 6.04. The summed E-state index contributed by atoms with van der Waals surface area (Å²) in [5.41, 5.74) is 1.50. The van der Waals surface area contributed by atoms with Crippen molar-refractivity contribution in [2.45, 2.75) is 4.90 Å². The fourth-order valence-corrected chi connectivity index (χ4v) is 4.73. The van der Waals surface area contributed by atoms with Crippen LogP contribution in [0.15, 0.2) is 53.4 Å². The van der Waals surface area contributed by atoms with E-state index in [-0.39, 0.29) is 21.4 Å². The first kappa shape index (κ1) is 22.6. The Morgan fingerprint density at radius 3 is 2.37 bits per heavy atom. The van der Waals surface area contributed by atoms with Gasteiger partial charge in [0.25, 0.3) is 5.91 Å². The van der Waals surface area contributed by atoms with Crippen LogP contribution in [-0.2, 0) is 10.0 Å². The lowest BCUT2D eigenvalue weighted by Gasteiger charge is -2.36. The highest BCUT2D eigenvalue weighted by Gasteiger charge is 2.22. The number of piperazine rings is 1. The molecule has 3 rings (SSSR count). The van der Waals surface area contributed by atoms with Crippen molar-refractivity contribution in [2.75, 3.05) is 58.3 Å². The van der Waals surface area contributed by atoms with Crippen molar-refractivity contribution in [2.24, 2.45) is 0 Å². The number of rotatable bonds is 7. The fourth-order valence-electron chi connectivity index (χ4n) is 3.34. The highest BCUT2D eigenvalue weighted by molar-refractivity contribution is 7.89. The predicted octanol–water partition coefficient (Wildman–Crippen LogP) is 2.14. The average molecular weight is 451 g/mol. The van der Waals surface area contributed by atoms with E-state index in [9.17, 15) is 13.2 Å². The van der Waals surface area contributed by atoms with Gasteiger partial charge in [-0.3, -0.25) is 9.69 Å². The smallest absolute Gasteiger partial charge is 0.251 e. The third-order valence-electron chi connectivity index (χ3n) is 5.16. The number of amides is 1. The molecule has 1 amide bonds. The van der Waals surface area contributed by atoms with Gasteiger partial charge in [0.1, 0.15) is 4.90 Å². The summed E-state index contributed by atoms with van der Waals surface area (Å²) in [4.78, 5) is 17.1. The van der Waals surface area contributed by atoms with Gasteiger partial charge in [-0.1, -0.05) is 29.8 Å². The molecule has 0 unspecified atom stereocenters. The number of carbonyl (C=O) groups excluding carboxylic acids is 1. The highest BCUT2D eigenvalue weighted by atomic mass is 35.5. The molecule has 1 aliphatic heterocycles. The van der Waals surface area contributed by atoms with Crippen molar-refractivity contribution < 1.29 is 13.2 Å². The van der Waals surface area contributed by atoms with Crippen molar-refractivity contribution in [3.05, 3.63) is 59.1 Å². The van der Waals surface area contributed by atoms with Crippen LogP contribution in [0.25, 0.3) is 0 Å². The van der Waals surface area contributed by atoms with Crippen LogP contribution >= 0.6 is 11.6 Å². The van der Waals surface area contributed by atoms with Gasteiger partial charge >= 0.3 is 0 Å². The van der Waals surface area contributed by atoms with Crippen LogP contribution in [0.1, 0.15) is 10.4 Å². The largest absolute Gasteiger partial charge is 0.369 e. The molecule has 0 aliphatic carbocycles. The van der Waals surface area contributed by atoms with Gasteiger partial charge in [0.15, 0.2) is 0 Å². The maximum atomic E-state index is 12.5. The SMILES string of the molecule is CN(C)S(=O)(=O)c1cc(C(=O)NCCN2CCN(c3ccccc3)CC2)ccc1Cl. The summed E-state index contributed by atoms with van der Waals surface area (Å²) in [7, 11) is -0.868. The number of para-hydroxylation sites is 1. The van der Waals surface area contributed by atoms with Gasteiger partial charge < -0.3 is 10.2 Å². The van der Waals surface area contributed by atoms with E-state index in [1.807, 2.05) is 18.2 Å². The van der Waals surface area contributed by atoms with Crippen LogP contribution in [-0.4, -0.2) is 76.9 Å². The molecule has 1 aliphatic rings. The van der Waals surface area contributed by atoms with E-state index >= 15 is 0 Å². The number of benzene rings is 2. The van der Waals surface area contributed by atoms with E-state index in [4.69, 9.17) is 11.6 Å². The summed E-state index contributed by atoms with van der Waals surface area (Å²) in [6, 6.07) is 14.6. The number of sulfonamides is 1. The van der Waals surface area contributed by atoms with Gasteiger partial charge in [-0.15, -0.1) is 0 Å². The van der Waals surface area contributed by atoms with Gasteiger partial charge in [0.05, 0.1) is 5.02 Å². The molecule has 1 N–H and O–H groups in total. The number of anilines is 1. The Kier molecular flexibility index (Phi) is 7.36. The lowest BCUT2D eigenvalue weighted by molar-refractivity contribution is 0.0947. The third kappa shape index (κ3) is 5.31. The molecule has 0 bridgehead atoms. The molecular formula is C21H27ClN4O3S. The van der Waals surface area contributed by atoms with E-state index in [1.54, 1.807) is 0 Å². The molecular weight excluding hydrogens is 424 g/mol. The Labute approximate surface area is 183 Å². The van der Waals surface area contributed by atoms with Crippen LogP contribution in [0.5, 0.6) is 0 Å². The van der Waals surface area contributed by atoms with Crippen molar-refractivity contribution in [3.63, 3.8) is 0 Å². The lowest BCUT2D eigenvalue weighted by Crippen LogP contribution is -2.48. The molecule has 0 aromatic heterocycles. The molecule has 7 nitrogen and oxygen atoms in total. The summed E-state index contributed by atoms with van der Waals surface area (Å²) < 4.78 is 25.8. The van der Waals surface area contributed by atoms with E-state index in [0.29, 0.717) is 6.54 Å². The van der Waals surface area contributed by atoms with Gasteiger partial charge in [0, 0.05) is 64.6 Å². The number of carbonyl (C=O) groups is 1. The zero-order valence-electron chi connectivity index (χ0n) is 17.2. The normalized spacial score (nSPS) is 15.4. The topological polar surface area (TPSA) is 73.0 Å². The van der Waals surface area contributed by atoms with Gasteiger partial charge in [-0.05, 0) is 30.3 Å². The van der Waals surface area contributed by atoms with E-state index < -0.39 is 10.0 Å². The first-order chi connectivity index (χ1) is 14.3. The third-order valence-corrected chi connectivity index (χ3v) is 7.46. The van der Waals surface area contributed by atoms with E-state index in [2.05, 4.69) is 27.2 Å². The second-order valence-corrected chi connectivity index (χ2v) is 9.88. The summed E-state index contributed by atoms with van der Waals surface area (Å²) in [5.74, 6) is -0.315. The summed E-state index contributed by atoms with van der Waals surface area (Å²) in [6.45, 7) is 4.98. The van der Waals surface area contributed by atoms with Crippen LogP contribution in [0, 0.1) is 0 Å². The first-order valence-electron chi connectivity index (χ1n) is 9.81. The van der Waals surface area contributed by atoms with Crippen LogP contribution < -0.4 is 10.2 Å². The van der Waals surface area contributed by atoms with Crippen molar-refractivity contribution >= 4 is 33.2 Å². The summed E-state index contributed by atoms with van der Waals surface area (Å²) in [5, 5.41) is 2.96. The van der Waals surface area contributed by atoms with Crippen LogP contribution in [0.2, 0.25) is 5.02 Å². The standard InChI is InChI=1S/C21H27ClN4O3S/c1-24(2)30(28,29)20-16-17(8-9-19(20)22)21(27)23-10-11-25-12-14-26(15-13-25)18-6-4-3-5-7-18/h3-9,16H,10-15H2,1-2H3,(H,23,27). The second-order valence-electron chi connectivity index (χ2n) is 7.35. The Bertz CT molecular complexity index is 975. The van der Waals surface area contributed by atoms with Gasteiger partial charge in [-0.25, -0.2) is 12.7 Å². The first-order valence-corrected chi connectivity index (χ1v) is 11.6. The fraction of sp³-hybridized carbons (Fsp3) is 0.381. The number of hydrogen-bond acceptors (Lipinski definition) is 5. The highest BCUT2D eigenvalue weighted by Crippen LogP contribution is 2.24. The molecule has 0 atom stereocenters. The van der Waals surface area contributed by atoms with Crippen LogP contribution in [0.4, 0.5) is 5.69 Å². The Morgan fingerprint density at radius 2 is 1.73 bits per heavy atom. The molecule has 1 heterocycles. The zero-order valence-corrected chi connectivity index (χ0v) is 18.8. The minimum atomic E-state index is -3.72. The number of hydrogen-bond donors (Lipinski definition) is 1. The molecule has 1 saturated heterocycles. The molecule has 2 aromatic rings. The Morgan fingerprint density at radius 1 is 1.07 bits per heavy atom. The lowest BCUT2D eigenvalue weighted by atomic mass is 10.2. The van der Waals surface area contributed by atoms with E-state index in [0.717, 1.165) is 37.0 Å². The maximum absolute atomic E-state index is 12.5. The second kappa shape index (κ2) is 9.78. The van der Waals surface area contributed by atoms with E-state index in [1.165, 1.54) is 38.0 Å². The minimum absolute atomic E-state index is 0.0705. The van der Waals surface area contributed by atoms with Gasteiger partial charge in [0.2, 0.25) is 10.0 Å². The number of nitrogens with zero attached hydrogens (tertiary/aromatic N) is 3. The molecule has 2 aromatic carbocycles. The minimum Gasteiger partial charge on any atom is -0.369 e. The molecule has 162 valence electrons. The molecule has 1 fully saturated rings. The Hall–Kier alpha value is -2.13. The Balaban J connectivity index is 1.51. The quantitative estimate of drug-likeness (QED) is 0.699. The molecule has 0 saturated carbocycles. The van der Waals surface area contributed by atoms with Crippen molar-refractivity contribution in [3.8, 4) is 0 Å². The van der Waals surface area contributed by atoms with Gasteiger partial charge in [-0.2, -0.15) is 0 Å². The molecule has 0 radical (unpaired) electrons. The predicted molar refractivity (Wildman–Crippen MR) is 120 cm³/mol. The molecule has 30 heavy (non-hydrogen) atoms. The van der Waals surface area contributed by atoms with Crippen LogP contribution in [0.3, 0.4) is 0 Å². The van der Waals surface area contributed by atoms with Crippen molar-refractivity contribution in [1.82, 2.24) is 14.5 Å². The number of nitrogens with one attached hydrogen (secondary N) is 1. The van der Waals surface area contributed by atoms with Crippen molar-refractivity contribution in [1.29, 1.82) is 0 Å². The monoisotopic (exact) mass is 450 g/mol. The maximum Gasteiger partial charge on any atom is 0.251 e. The summed E-state index contributed by atoms with van der Waals surface area (Å²) in [6.07, 6.45) is 0. The molecule has 0 spiro atoms. The molecule has 9 heteroatoms.